The van der Waals surface area contributed by atoms with E-state index in [9.17, 15) is 5.11 Å². The first-order valence-electron chi connectivity index (χ1n) is 10.2. The summed E-state index contributed by atoms with van der Waals surface area (Å²) >= 11 is 6.29. The highest BCUT2D eigenvalue weighted by molar-refractivity contribution is 6.30. The average molecular weight is 379 g/mol. The van der Waals surface area contributed by atoms with Crippen molar-refractivity contribution in [2.75, 3.05) is 32.7 Å². The Bertz CT molecular complexity index is 584. The zero-order valence-corrected chi connectivity index (χ0v) is 17.4. The number of nitrogens with one attached hydrogen (secondary N) is 1. The average Bonchev–Trinajstić information content (AvgIpc) is 2.60. The van der Waals surface area contributed by atoms with Crippen LogP contribution in [-0.4, -0.2) is 48.3 Å². The third-order valence-corrected chi connectivity index (χ3v) is 6.86. The van der Waals surface area contributed by atoms with E-state index < -0.39 is 5.60 Å². The van der Waals surface area contributed by atoms with Crippen molar-refractivity contribution < 1.29 is 5.11 Å². The molecule has 1 heterocycles. The molecule has 1 aromatic rings. The van der Waals surface area contributed by atoms with Crippen LogP contribution in [0.15, 0.2) is 24.3 Å². The van der Waals surface area contributed by atoms with Gasteiger partial charge in [-0.15, -0.1) is 0 Å². The number of hydrogen-bond acceptors (Lipinski definition) is 3. The van der Waals surface area contributed by atoms with Crippen molar-refractivity contribution >= 4 is 11.6 Å². The van der Waals surface area contributed by atoms with E-state index in [0.717, 1.165) is 63.4 Å². The number of nitrogens with zero attached hydrogens (tertiary/aromatic N) is 1. The SMILES string of the molecule is CC(C)(C)C1CCC(O)(C(CN2CCNCC2)c2cccc(Cl)c2)CC1. The third kappa shape index (κ3) is 4.81. The van der Waals surface area contributed by atoms with E-state index in [4.69, 9.17) is 11.6 Å². The molecular weight excluding hydrogens is 344 g/mol. The first-order chi connectivity index (χ1) is 12.3. The van der Waals surface area contributed by atoms with E-state index in [1.165, 1.54) is 5.56 Å². The Kier molecular flexibility index (Phi) is 6.33. The molecule has 1 saturated carbocycles. The van der Waals surface area contributed by atoms with Gasteiger partial charge in [0, 0.05) is 43.7 Å². The Morgan fingerprint density at radius 2 is 1.88 bits per heavy atom. The van der Waals surface area contributed by atoms with Crippen LogP contribution in [0.25, 0.3) is 0 Å². The minimum absolute atomic E-state index is 0.125. The summed E-state index contributed by atoms with van der Waals surface area (Å²) in [5, 5.41) is 15.9. The molecule has 3 nitrogen and oxygen atoms in total. The summed E-state index contributed by atoms with van der Waals surface area (Å²) in [6.45, 7) is 12.1. The number of aliphatic hydroxyl groups is 1. The molecule has 0 amide bonds. The minimum Gasteiger partial charge on any atom is -0.389 e. The maximum Gasteiger partial charge on any atom is 0.0728 e. The summed E-state index contributed by atoms with van der Waals surface area (Å²) in [5.74, 6) is 0.821. The Morgan fingerprint density at radius 3 is 2.46 bits per heavy atom. The van der Waals surface area contributed by atoms with Crippen molar-refractivity contribution in [2.24, 2.45) is 11.3 Å². The Labute approximate surface area is 164 Å². The maximum absolute atomic E-state index is 11.7. The summed E-state index contributed by atoms with van der Waals surface area (Å²) in [7, 11) is 0. The topological polar surface area (TPSA) is 35.5 Å². The molecule has 1 aliphatic carbocycles. The molecular formula is C22H35ClN2O. The van der Waals surface area contributed by atoms with Crippen molar-refractivity contribution in [3.05, 3.63) is 34.9 Å². The van der Waals surface area contributed by atoms with Crippen molar-refractivity contribution in [3.63, 3.8) is 0 Å². The van der Waals surface area contributed by atoms with E-state index in [0.29, 0.717) is 11.3 Å². The molecule has 1 unspecified atom stereocenters. The molecule has 0 spiro atoms. The highest BCUT2D eigenvalue weighted by Crippen LogP contribution is 2.47. The molecule has 3 rings (SSSR count). The van der Waals surface area contributed by atoms with Gasteiger partial charge in [0.05, 0.1) is 5.60 Å². The zero-order valence-electron chi connectivity index (χ0n) is 16.6. The van der Waals surface area contributed by atoms with E-state index in [1.807, 2.05) is 12.1 Å². The van der Waals surface area contributed by atoms with Crippen LogP contribution in [0.4, 0.5) is 0 Å². The highest BCUT2D eigenvalue weighted by Gasteiger charge is 2.43. The number of piperazine rings is 1. The van der Waals surface area contributed by atoms with Gasteiger partial charge < -0.3 is 15.3 Å². The van der Waals surface area contributed by atoms with Crippen molar-refractivity contribution in [2.45, 2.75) is 58.0 Å². The normalized spacial score (nSPS) is 29.5. The van der Waals surface area contributed by atoms with Crippen molar-refractivity contribution in [1.29, 1.82) is 0 Å². The molecule has 1 saturated heterocycles. The smallest absolute Gasteiger partial charge is 0.0728 e. The lowest BCUT2D eigenvalue weighted by Gasteiger charge is -2.46. The molecule has 1 aromatic carbocycles. The van der Waals surface area contributed by atoms with E-state index in [2.05, 4.69) is 43.1 Å². The molecule has 2 N–H and O–H groups in total. The maximum atomic E-state index is 11.7. The van der Waals surface area contributed by atoms with Crippen LogP contribution in [0.2, 0.25) is 5.02 Å². The lowest BCUT2D eigenvalue weighted by atomic mass is 9.64. The minimum atomic E-state index is -0.628. The predicted molar refractivity (Wildman–Crippen MR) is 110 cm³/mol. The van der Waals surface area contributed by atoms with Gasteiger partial charge in [0.2, 0.25) is 0 Å². The summed E-state index contributed by atoms with van der Waals surface area (Å²) in [5.41, 5.74) is 0.885. The van der Waals surface area contributed by atoms with E-state index >= 15 is 0 Å². The summed E-state index contributed by atoms with van der Waals surface area (Å²) < 4.78 is 0. The standard InChI is InChI=1S/C22H35ClN2O/c1-21(2,3)18-7-9-22(26,10-8-18)20(16-25-13-11-24-12-14-25)17-5-4-6-19(23)15-17/h4-6,15,18,20,24,26H,7-14,16H2,1-3H3. The fourth-order valence-electron chi connectivity index (χ4n) is 4.79. The fourth-order valence-corrected chi connectivity index (χ4v) is 4.99. The van der Waals surface area contributed by atoms with Gasteiger partial charge in [-0.3, -0.25) is 0 Å². The number of benzene rings is 1. The van der Waals surface area contributed by atoms with Gasteiger partial charge in [-0.25, -0.2) is 0 Å². The van der Waals surface area contributed by atoms with Crippen molar-refractivity contribution in [3.8, 4) is 0 Å². The molecule has 26 heavy (non-hydrogen) atoms. The van der Waals surface area contributed by atoms with Crippen LogP contribution < -0.4 is 5.32 Å². The first kappa shape index (κ1) is 20.1. The third-order valence-electron chi connectivity index (χ3n) is 6.63. The quantitative estimate of drug-likeness (QED) is 0.820. The lowest BCUT2D eigenvalue weighted by molar-refractivity contribution is -0.0538. The number of halogens is 1. The first-order valence-corrected chi connectivity index (χ1v) is 10.6. The largest absolute Gasteiger partial charge is 0.389 e. The molecule has 1 atom stereocenters. The molecule has 2 fully saturated rings. The molecule has 146 valence electrons. The summed E-state index contributed by atoms with van der Waals surface area (Å²) in [6, 6.07) is 8.15. The van der Waals surface area contributed by atoms with Crippen LogP contribution in [-0.2, 0) is 0 Å². The van der Waals surface area contributed by atoms with Gasteiger partial charge in [-0.1, -0.05) is 44.5 Å². The summed E-state index contributed by atoms with van der Waals surface area (Å²) in [6.07, 6.45) is 3.99. The van der Waals surface area contributed by atoms with Gasteiger partial charge in [0.1, 0.15) is 0 Å². The predicted octanol–water partition coefficient (Wildman–Crippen LogP) is 4.30. The van der Waals surface area contributed by atoms with Crippen LogP contribution in [0.5, 0.6) is 0 Å². The second-order valence-corrected chi connectivity index (χ2v) is 9.84. The van der Waals surface area contributed by atoms with Crippen LogP contribution >= 0.6 is 11.6 Å². The number of rotatable bonds is 4. The number of hydrogen-bond donors (Lipinski definition) is 2. The zero-order chi connectivity index (χ0) is 18.8. The van der Waals surface area contributed by atoms with Gasteiger partial charge >= 0.3 is 0 Å². The second-order valence-electron chi connectivity index (χ2n) is 9.40. The molecule has 2 aliphatic rings. The molecule has 4 heteroatoms. The van der Waals surface area contributed by atoms with Gasteiger partial charge in [-0.2, -0.15) is 0 Å². The van der Waals surface area contributed by atoms with Gasteiger partial charge in [-0.05, 0) is 54.7 Å². The summed E-state index contributed by atoms with van der Waals surface area (Å²) in [4.78, 5) is 2.50. The Morgan fingerprint density at radius 1 is 1.23 bits per heavy atom. The monoisotopic (exact) mass is 378 g/mol. The van der Waals surface area contributed by atoms with E-state index in [-0.39, 0.29) is 5.92 Å². The lowest BCUT2D eigenvalue weighted by Crippen LogP contribution is -2.50. The molecule has 0 radical (unpaired) electrons. The van der Waals surface area contributed by atoms with Crippen LogP contribution in [0.3, 0.4) is 0 Å². The fraction of sp³-hybridized carbons (Fsp3) is 0.727. The molecule has 1 aliphatic heterocycles. The second kappa shape index (κ2) is 8.18. The highest BCUT2D eigenvalue weighted by atomic mass is 35.5. The van der Waals surface area contributed by atoms with E-state index in [1.54, 1.807) is 0 Å². The van der Waals surface area contributed by atoms with Gasteiger partial charge in [0.25, 0.3) is 0 Å². The van der Waals surface area contributed by atoms with Crippen LogP contribution in [0.1, 0.15) is 57.9 Å². The van der Waals surface area contributed by atoms with Gasteiger partial charge in [0.15, 0.2) is 0 Å². The molecule has 0 aromatic heterocycles. The van der Waals surface area contributed by atoms with Crippen LogP contribution in [0, 0.1) is 11.3 Å². The van der Waals surface area contributed by atoms with Crippen molar-refractivity contribution in [1.82, 2.24) is 10.2 Å². The molecule has 0 bridgehead atoms. The Hall–Kier alpha value is -0.610. The Balaban J connectivity index is 1.80.